The molecule has 0 aliphatic carbocycles. The van der Waals surface area contributed by atoms with Crippen molar-refractivity contribution in [2.24, 2.45) is 0 Å². The van der Waals surface area contributed by atoms with Gasteiger partial charge in [0.25, 0.3) is 5.91 Å². The largest absolute Gasteiger partial charge is 0.306 e. The number of nitrogens with one attached hydrogen (secondary N) is 2. The normalized spacial score (nSPS) is 10.6. The molecule has 0 aliphatic heterocycles. The van der Waals surface area contributed by atoms with Gasteiger partial charge in [-0.25, -0.2) is 9.97 Å². The van der Waals surface area contributed by atoms with Gasteiger partial charge in [0.2, 0.25) is 0 Å². The number of aromatic amines is 1. The Morgan fingerprint density at radius 3 is 3.00 bits per heavy atom. The lowest BCUT2D eigenvalue weighted by Crippen LogP contribution is -2.12. The molecule has 1 amide bonds. The Bertz CT molecular complexity index is 754. The van der Waals surface area contributed by atoms with E-state index in [9.17, 15) is 4.79 Å². The minimum absolute atomic E-state index is 0.272. The maximum atomic E-state index is 12.0. The quantitative estimate of drug-likeness (QED) is 0.702. The predicted molar refractivity (Wildman–Crippen MR) is 71.1 cm³/mol. The van der Waals surface area contributed by atoms with Crippen LogP contribution in [0.5, 0.6) is 0 Å². The van der Waals surface area contributed by atoms with E-state index in [0.717, 1.165) is 10.9 Å². The Hall–Kier alpha value is -2.47. The van der Waals surface area contributed by atoms with Gasteiger partial charge in [-0.15, -0.1) is 0 Å². The highest BCUT2D eigenvalue weighted by molar-refractivity contribution is 6.29. The SMILES string of the molecule is O=C(Nc1cc(Cl)ncn1)c1ccc2cn[nH]c2c1. The third kappa shape index (κ3) is 2.38. The first kappa shape index (κ1) is 11.6. The second-order valence-electron chi connectivity index (χ2n) is 3.85. The Labute approximate surface area is 112 Å². The van der Waals surface area contributed by atoms with Crippen LogP contribution in [-0.2, 0) is 0 Å². The highest BCUT2D eigenvalue weighted by atomic mass is 35.5. The lowest BCUT2D eigenvalue weighted by molar-refractivity contribution is 0.102. The minimum atomic E-state index is -0.272. The van der Waals surface area contributed by atoms with Crippen molar-refractivity contribution in [3.8, 4) is 0 Å². The summed E-state index contributed by atoms with van der Waals surface area (Å²) >= 11 is 5.72. The highest BCUT2D eigenvalue weighted by Gasteiger charge is 2.08. The van der Waals surface area contributed by atoms with Crippen molar-refractivity contribution >= 4 is 34.2 Å². The van der Waals surface area contributed by atoms with Crippen LogP contribution in [0.4, 0.5) is 5.82 Å². The molecule has 0 radical (unpaired) electrons. The molecule has 7 heteroatoms. The Kier molecular flexibility index (Phi) is 2.85. The number of H-pyrrole nitrogens is 1. The molecule has 0 fully saturated rings. The molecule has 0 saturated carbocycles. The number of halogens is 1. The van der Waals surface area contributed by atoms with Gasteiger partial charge in [-0.1, -0.05) is 17.7 Å². The van der Waals surface area contributed by atoms with Gasteiger partial charge in [-0.2, -0.15) is 5.10 Å². The van der Waals surface area contributed by atoms with Crippen molar-refractivity contribution in [1.82, 2.24) is 20.2 Å². The number of carbonyl (C=O) groups excluding carboxylic acids is 1. The summed E-state index contributed by atoms with van der Waals surface area (Å²) in [5.74, 6) is 0.0842. The summed E-state index contributed by atoms with van der Waals surface area (Å²) in [7, 11) is 0. The smallest absolute Gasteiger partial charge is 0.256 e. The number of benzene rings is 1. The van der Waals surface area contributed by atoms with Crippen molar-refractivity contribution in [1.29, 1.82) is 0 Å². The molecule has 3 aromatic rings. The van der Waals surface area contributed by atoms with Crippen LogP contribution in [0.3, 0.4) is 0 Å². The third-order valence-electron chi connectivity index (χ3n) is 2.58. The number of amides is 1. The Morgan fingerprint density at radius 1 is 1.26 bits per heavy atom. The highest BCUT2D eigenvalue weighted by Crippen LogP contribution is 2.15. The van der Waals surface area contributed by atoms with Crippen LogP contribution in [0.1, 0.15) is 10.4 Å². The molecule has 1 aromatic carbocycles. The summed E-state index contributed by atoms with van der Waals surface area (Å²) in [6.45, 7) is 0. The second kappa shape index (κ2) is 4.66. The molecule has 0 spiro atoms. The van der Waals surface area contributed by atoms with Gasteiger partial charge >= 0.3 is 0 Å². The molecule has 2 aromatic heterocycles. The molecule has 94 valence electrons. The van der Waals surface area contributed by atoms with E-state index in [2.05, 4.69) is 25.5 Å². The third-order valence-corrected chi connectivity index (χ3v) is 2.79. The average Bonchev–Trinajstić information content (AvgIpc) is 2.85. The molecular weight excluding hydrogens is 266 g/mol. The van der Waals surface area contributed by atoms with Crippen LogP contribution in [0.15, 0.2) is 36.8 Å². The fourth-order valence-corrected chi connectivity index (χ4v) is 1.82. The van der Waals surface area contributed by atoms with Crippen molar-refractivity contribution in [2.45, 2.75) is 0 Å². The summed E-state index contributed by atoms with van der Waals surface area (Å²) in [6.07, 6.45) is 2.98. The van der Waals surface area contributed by atoms with E-state index in [1.807, 2.05) is 6.07 Å². The van der Waals surface area contributed by atoms with Crippen LogP contribution in [0, 0.1) is 0 Å². The second-order valence-corrected chi connectivity index (χ2v) is 4.24. The van der Waals surface area contributed by atoms with Crippen molar-refractivity contribution in [3.05, 3.63) is 47.5 Å². The molecule has 0 aliphatic rings. The van der Waals surface area contributed by atoms with Crippen LogP contribution in [-0.4, -0.2) is 26.1 Å². The number of anilines is 1. The zero-order valence-electron chi connectivity index (χ0n) is 9.59. The van der Waals surface area contributed by atoms with Gasteiger partial charge in [0.05, 0.1) is 11.7 Å². The van der Waals surface area contributed by atoms with Crippen LogP contribution in [0.25, 0.3) is 10.9 Å². The van der Waals surface area contributed by atoms with Gasteiger partial charge in [-0.3, -0.25) is 9.89 Å². The molecule has 2 heterocycles. The van der Waals surface area contributed by atoms with E-state index in [0.29, 0.717) is 11.4 Å². The van der Waals surface area contributed by atoms with Crippen molar-refractivity contribution in [2.75, 3.05) is 5.32 Å². The van der Waals surface area contributed by atoms with Crippen LogP contribution in [0.2, 0.25) is 5.15 Å². The summed E-state index contributed by atoms with van der Waals surface area (Å²) < 4.78 is 0. The lowest BCUT2D eigenvalue weighted by atomic mass is 10.1. The maximum absolute atomic E-state index is 12.0. The molecule has 0 bridgehead atoms. The minimum Gasteiger partial charge on any atom is -0.306 e. The molecule has 6 nitrogen and oxygen atoms in total. The number of carbonyl (C=O) groups is 1. The zero-order valence-corrected chi connectivity index (χ0v) is 10.3. The first-order valence-corrected chi connectivity index (χ1v) is 5.82. The molecule has 19 heavy (non-hydrogen) atoms. The fraction of sp³-hybridized carbons (Fsp3) is 0. The van der Waals surface area contributed by atoms with Crippen LogP contribution >= 0.6 is 11.6 Å². The van der Waals surface area contributed by atoms with Gasteiger partial charge in [0, 0.05) is 17.0 Å². The molecule has 0 unspecified atom stereocenters. The first-order valence-electron chi connectivity index (χ1n) is 5.44. The Balaban J connectivity index is 1.87. The summed E-state index contributed by atoms with van der Waals surface area (Å²) in [6, 6.07) is 6.74. The van der Waals surface area contributed by atoms with Crippen LogP contribution < -0.4 is 5.32 Å². The summed E-state index contributed by atoms with van der Waals surface area (Å²) in [5, 5.41) is 10.6. The fourth-order valence-electron chi connectivity index (χ4n) is 1.67. The predicted octanol–water partition coefficient (Wildman–Crippen LogP) is 2.26. The number of hydrogen-bond acceptors (Lipinski definition) is 4. The number of fused-ring (bicyclic) bond motifs is 1. The number of rotatable bonds is 2. The molecule has 2 N–H and O–H groups in total. The monoisotopic (exact) mass is 273 g/mol. The average molecular weight is 274 g/mol. The van der Waals surface area contributed by atoms with Crippen molar-refractivity contribution < 1.29 is 4.79 Å². The molecule has 0 saturated heterocycles. The maximum Gasteiger partial charge on any atom is 0.256 e. The van der Waals surface area contributed by atoms with E-state index < -0.39 is 0 Å². The van der Waals surface area contributed by atoms with E-state index >= 15 is 0 Å². The molecule has 0 atom stereocenters. The Morgan fingerprint density at radius 2 is 2.16 bits per heavy atom. The molecular formula is C12H8ClN5O. The van der Waals surface area contributed by atoms with Gasteiger partial charge < -0.3 is 5.32 Å². The van der Waals surface area contributed by atoms with Crippen molar-refractivity contribution in [3.63, 3.8) is 0 Å². The van der Waals surface area contributed by atoms with E-state index in [1.165, 1.54) is 12.4 Å². The van der Waals surface area contributed by atoms with Gasteiger partial charge in [0.1, 0.15) is 17.3 Å². The van der Waals surface area contributed by atoms with E-state index in [4.69, 9.17) is 11.6 Å². The summed E-state index contributed by atoms with van der Waals surface area (Å²) in [4.78, 5) is 19.7. The zero-order chi connectivity index (χ0) is 13.2. The van der Waals surface area contributed by atoms with Gasteiger partial charge in [0.15, 0.2) is 0 Å². The summed E-state index contributed by atoms with van der Waals surface area (Å²) in [5.41, 5.74) is 1.31. The standard InChI is InChI=1S/C12H8ClN5O/c13-10-4-11(15-6-14-10)17-12(19)7-1-2-8-5-16-18-9(8)3-7/h1-6H,(H,16,18)(H,14,15,17,19). The first-order chi connectivity index (χ1) is 9.22. The van der Waals surface area contributed by atoms with E-state index in [1.54, 1.807) is 18.3 Å². The molecule has 3 rings (SSSR count). The number of nitrogens with zero attached hydrogens (tertiary/aromatic N) is 3. The topological polar surface area (TPSA) is 83.6 Å². The van der Waals surface area contributed by atoms with Gasteiger partial charge in [-0.05, 0) is 12.1 Å². The number of hydrogen-bond donors (Lipinski definition) is 2. The number of aromatic nitrogens is 4. The van der Waals surface area contributed by atoms with E-state index in [-0.39, 0.29) is 11.1 Å². The lowest BCUT2D eigenvalue weighted by Gasteiger charge is -2.04.